The molecule has 2 unspecified atom stereocenters. The second-order valence-corrected chi connectivity index (χ2v) is 7.91. The number of hydrogen-bond donors (Lipinski definition) is 1. The van der Waals surface area contributed by atoms with Gasteiger partial charge in [0.25, 0.3) is 5.69 Å². The van der Waals surface area contributed by atoms with Gasteiger partial charge in [-0.15, -0.1) is 0 Å². The van der Waals surface area contributed by atoms with Crippen LogP contribution in [0.1, 0.15) is 19.3 Å². The monoisotopic (exact) mass is 325 g/mol. The zero-order valence-corrected chi connectivity index (χ0v) is 13.0. The van der Waals surface area contributed by atoms with Crippen molar-refractivity contribution < 1.29 is 13.3 Å². The quantitative estimate of drug-likeness (QED) is 0.669. The number of benzene rings is 1. The van der Waals surface area contributed by atoms with E-state index in [4.69, 9.17) is 0 Å². The third-order valence-electron chi connectivity index (χ3n) is 4.43. The normalized spacial score (nSPS) is 26.4. The van der Waals surface area contributed by atoms with Crippen LogP contribution >= 0.6 is 0 Å². The van der Waals surface area contributed by atoms with Crippen LogP contribution in [0.5, 0.6) is 0 Å². The Kier molecular flexibility index (Phi) is 4.16. The minimum atomic E-state index is -3.60. The summed E-state index contributed by atoms with van der Waals surface area (Å²) in [5.41, 5.74) is -0.103. The molecule has 2 aliphatic heterocycles. The SMILES string of the molecule is O=[N+]([O-])c1ccc(S(=O)(=O)N2CC3CCCC(C2)NC3)cc1. The lowest BCUT2D eigenvalue weighted by Gasteiger charge is -2.27. The molecule has 1 N–H and O–H groups in total. The smallest absolute Gasteiger partial charge is 0.269 e. The fourth-order valence-corrected chi connectivity index (χ4v) is 4.76. The highest BCUT2D eigenvalue weighted by Crippen LogP contribution is 2.26. The van der Waals surface area contributed by atoms with Crippen LogP contribution in [0.25, 0.3) is 0 Å². The van der Waals surface area contributed by atoms with Crippen LogP contribution in [-0.2, 0) is 10.0 Å². The van der Waals surface area contributed by atoms with Crippen molar-refractivity contribution in [2.24, 2.45) is 5.92 Å². The molecule has 0 amide bonds. The molecule has 0 saturated carbocycles. The molecule has 3 rings (SSSR count). The van der Waals surface area contributed by atoms with E-state index in [2.05, 4.69) is 5.32 Å². The van der Waals surface area contributed by atoms with Crippen LogP contribution < -0.4 is 5.32 Å². The topological polar surface area (TPSA) is 92.5 Å². The Balaban J connectivity index is 1.87. The van der Waals surface area contributed by atoms with Crippen LogP contribution in [0.3, 0.4) is 0 Å². The molecule has 0 aliphatic carbocycles. The molecule has 2 aliphatic rings. The molecular weight excluding hydrogens is 306 g/mol. The van der Waals surface area contributed by atoms with Gasteiger partial charge in [-0.2, -0.15) is 4.31 Å². The second kappa shape index (κ2) is 5.94. The van der Waals surface area contributed by atoms with E-state index in [0.29, 0.717) is 19.0 Å². The van der Waals surface area contributed by atoms with Crippen molar-refractivity contribution in [2.45, 2.75) is 30.2 Å². The Hall–Kier alpha value is -1.51. The summed E-state index contributed by atoms with van der Waals surface area (Å²) in [6, 6.07) is 5.32. The first-order valence-corrected chi connectivity index (χ1v) is 8.89. The highest BCUT2D eigenvalue weighted by atomic mass is 32.2. The van der Waals surface area contributed by atoms with Crippen LogP contribution in [0.2, 0.25) is 0 Å². The van der Waals surface area contributed by atoms with Crippen molar-refractivity contribution in [1.82, 2.24) is 9.62 Å². The summed E-state index contributed by atoms with van der Waals surface area (Å²) in [6.07, 6.45) is 3.16. The van der Waals surface area contributed by atoms with Crippen molar-refractivity contribution in [3.63, 3.8) is 0 Å². The maximum atomic E-state index is 12.8. The lowest BCUT2D eigenvalue weighted by molar-refractivity contribution is -0.384. The molecule has 120 valence electrons. The molecular formula is C14H19N3O4S. The fraction of sp³-hybridized carbons (Fsp3) is 0.571. The van der Waals surface area contributed by atoms with Crippen molar-refractivity contribution in [1.29, 1.82) is 0 Å². The van der Waals surface area contributed by atoms with E-state index < -0.39 is 14.9 Å². The molecule has 2 saturated heterocycles. The number of fused-ring (bicyclic) bond motifs is 3. The van der Waals surface area contributed by atoms with Crippen LogP contribution in [0.15, 0.2) is 29.2 Å². The van der Waals surface area contributed by atoms with Gasteiger partial charge in [0.15, 0.2) is 0 Å². The van der Waals surface area contributed by atoms with Gasteiger partial charge in [0.2, 0.25) is 10.0 Å². The molecule has 0 aromatic heterocycles. The number of nitro groups is 1. The number of nitrogens with one attached hydrogen (secondary N) is 1. The first-order valence-electron chi connectivity index (χ1n) is 7.45. The highest BCUT2D eigenvalue weighted by molar-refractivity contribution is 7.89. The summed E-state index contributed by atoms with van der Waals surface area (Å²) >= 11 is 0. The first-order chi connectivity index (χ1) is 10.5. The lowest BCUT2D eigenvalue weighted by atomic mass is 10.0. The van der Waals surface area contributed by atoms with Crippen molar-refractivity contribution in [3.8, 4) is 0 Å². The maximum Gasteiger partial charge on any atom is 0.269 e. The first kappa shape index (κ1) is 15.4. The molecule has 2 atom stereocenters. The molecule has 0 spiro atoms. The van der Waals surface area contributed by atoms with Gasteiger partial charge in [-0.3, -0.25) is 10.1 Å². The van der Waals surface area contributed by atoms with Gasteiger partial charge in [0.1, 0.15) is 0 Å². The Labute approximate surface area is 129 Å². The Morgan fingerprint density at radius 3 is 2.59 bits per heavy atom. The molecule has 22 heavy (non-hydrogen) atoms. The Morgan fingerprint density at radius 2 is 1.91 bits per heavy atom. The third kappa shape index (κ3) is 2.99. The molecule has 7 nitrogen and oxygen atoms in total. The van der Waals surface area contributed by atoms with Crippen LogP contribution in [-0.4, -0.2) is 43.3 Å². The number of sulfonamides is 1. The van der Waals surface area contributed by atoms with Crippen molar-refractivity contribution in [2.75, 3.05) is 19.6 Å². The molecule has 8 heteroatoms. The summed E-state index contributed by atoms with van der Waals surface area (Å²) in [5.74, 6) is 0.334. The van der Waals surface area contributed by atoms with E-state index in [9.17, 15) is 18.5 Å². The van der Waals surface area contributed by atoms with Gasteiger partial charge in [0.05, 0.1) is 9.82 Å². The minimum Gasteiger partial charge on any atom is -0.312 e. The largest absolute Gasteiger partial charge is 0.312 e. The number of nitro benzene ring substituents is 1. The molecule has 0 radical (unpaired) electrons. The van der Waals surface area contributed by atoms with Gasteiger partial charge < -0.3 is 5.32 Å². The van der Waals surface area contributed by atoms with E-state index in [0.717, 1.165) is 25.8 Å². The van der Waals surface area contributed by atoms with Gasteiger partial charge in [-0.1, -0.05) is 6.42 Å². The zero-order valence-electron chi connectivity index (χ0n) is 12.1. The van der Waals surface area contributed by atoms with E-state index in [1.807, 2.05) is 0 Å². The van der Waals surface area contributed by atoms with Gasteiger partial charge in [0, 0.05) is 31.3 Å². The summed E-state index contributed by atoms with van der Waals surface area (Å²) in [5, 5.41) is 14.1. The molecule has 1 aromatic carbocycles. The van der Waals surface area contributed by atoms with E-state index >= 15 is 0 Å². The van der Waals surface area contributed by atoms with E-state index in [1.165, 1.54) is 28.6 Å². The van der Waals surface area contributed by atoms with Crippen LogP contribution in [0, 0.1) is 16.0 Å². The standard InChI is InChI=1S/C14H19N3O4S/c18-17(19)13-4-6-14(7-5-13)22(20,21)16-9-11-2-1-3-12(10-16)15-8-11/h4-7,11-12,15H,1-3,8-10H2. The number of rotatable bonds is 3. The van der Waals surface area contributed by atoms with E-state index in [1.54, 1.807) is 0 Å². The van der Waals surface area contributed by atoms with Gasteiger partial charge >= 0.3 is 0 Å². The summed E-state index contributed by atoms with van der Waals surface area (Å²) in [6.45, 7) is 1.84. The summed E-state index contributed by atoms with van der Waals surface area (Å²) in [7, 11) is -3.60. The number of hydrogen-bond acceptors (Lipinski definition) is 5. The Morgan fingerprint density at radius 1 is 1.18 bits per heavy atom. The minimum absolute atomic E-state index is 0.103. The zero-order chi connectivity index (χ0) is 15.7. The van der Waals surface area contributed by atoms with Gasteiger partial charge in [-0.05, 0) is 37.4 Å². The average molecular weight is 325 g/mol. The summed E-state index contributed by atoms with van der Waals surface area (Å²) in [4.78, 5) is 10.3. The highest BCUT2D eigenvalue weighted by Gasteiger charge is 2.34. The third-order valence-corrected chi connectivity index (χ3v) is 6.28. The predicted octanol–water partition coefficient (Wildman–Crippen LogP) is 1.36. The van der Waals surface area contributed by atoms with Crippen molar-refractivity contribution in [3.05, 3.63) is 34.4 Å². The number of nitrogens with zero attached hydrogens (tertiary/aromatic N) is 2. The molecule has 2 fully saturated rings. The average Bonchev–Trinajstić information content (AvgIpc) is 2.81. The number of non-ortho nitro benzene ring substituents is 1. The van der Waals surface area contributed by atoms with Crippen LogP contribution in [0.4, 0.5) is 5.69 Å². The van der Waals surface area contributed by atoms with Crippen molar-refractivity contribution >= 4 is 15.7 Å². The van der Waals surface area contributed by atoms with Gasteiger partial charge in [-0.25, -0.2) is 8.42 Å². The summed E-state index contributed by atoms with van der Waals surface area (Å²) < 4.78 is 27.1. The fourth-order valence-electron chi connectivity index (χ4n) is 3.20. The molecule has 2 heterocycles. The Bertz CT molecular complexity index is 645. The molecule has 1 aromatic rings. The molecule has 2 bridgehead atoms. The second-order valence-electron chi connectivity index (χ2n) is 5.98. The maximum absolute atomic E-state index is 12.8. The van der Waals surface area contributed by atoms with E-state index in [-0.39, 0.29) is 16.6 Å². The lowest BCUT2D eigenvalue weighted by Crippen LogP contribution is -2.41. The predicted molar refractivity (Wildman–Crippen MR) is 81.0 cm³/mol.